The minimum atomic E-state index is 0.0772. The van der Waals surface area contributed by atoms with E-state index in [0.717, 1.165) is 56.2 Å². The van der Waals surface area contributed by atoms with Gasteiger partial charge in [-0.25, -0.2) is 4.98 Å². The predicted molar refractivity (Wildman–Crippen MR) is 96.7 cm³/mol. The Morgan fingerprint density at radius 1 is 1.23 bits per heavy atom. The highest BCUT2D eigenvalue weighted by Crippen LogP contribution is 2.43. The van der Waals surface area contributed by atoms with Gasteiger partial charge in [-0.15, -0.1) is 0 Å². The van der Waals surface area contributed by atoms with Crippen LogP contribution in [0.15, 0.2) is 16.8 Å². The lowest BCUT2D eigenvalue weighted by Crippen LogP contribution is -2.44. The number of aromatic nitrogens is 3. The van der Waals surface area contributed by atoms with E-state index in [9.17, 15) is 4.79 Å². The van der Waals surface area contributed by atoms with Gasteiger partial charge in [-0.3, -0.25) is 14.8 Å². The maximum atomic E-state index is 12.7. The van der Waals surface area contributed by atoms with E-state index < -0.39 is 0 Å². The van der Waals surface area contributed by atoms with Crippen LogP contribution in [0.4, 0.5) is 0 Å². The molecule has 1 spiro atoms. The third-order valence-electron chi connectivity index (χ3n) is 6.17. The number of piperidine rings is 1. The molecule has 0 aromatic carbocycles. The molecule has 26 heavy (non-hydrogen) atoms. The van der Waals surface area contributed by atoms with Gasteiger partial charge in [-0.2, -0.15) is 5.10 Å². The van der Waals surface area contributed by atoms with Gasteiger partial charge in [0.05, 0.1) is 18.4 Å². The van der Waals surface area contributed by atoms with Crippen LogP contribution >= 0.6 is 0 Å². The SMILES string of the molecule is Cc1cnc(C(C)N2CCC3(CCN(C(=O)c4[nH]ncc4C)CC3)C2)o1. The molecule has 1 amide bonds. The molecule has 1 unspecified atom stereocenters. The van der Waals surface area contributed by atoms with Crippen LogP contribution < -0.4 is 0 Å². The summed E-state index contributed by atoms with van der Waals surface area (Å²) in [5.74, 6) is 1.75. The van der Waals surface area contributed by atoms with E-state index in [-0.39, 0.29) is 11.9 Å². The lowest BCUT2D eigenvalue weighted by molar-refractivity contribution is 0.0570. The zero-order valence-corrected chi connectivity index (χ0v) is 15.8. The van der Waals surface area contributed by atoms with Gasteiger partial charge in [0, 0.05) is 19.6 Å². The minimum absolute atomic E-state index is 0.0772. The molecule has 1 atom stereocenters. The van der Waals surface area contributed by atoms with Crippen LogP contribution in [0.3, 0.4) is 0 Å². The molecular weight excluding hydrogens is 330 g/mol. The third-order valence-corrected chi connectivity index (χ3v) is 6.17. The molecule has 2 aromatic heterocycles. The van der Waals surface area contributed by atoms with Crippen LogP contribution in [-0.2, 0) is 0 Å². The van der Waals surface area contributed by atoms with Gasteiger partial charge in [0.15, 0.2) is 0 Å². The molecule has 1 N–H and O–H groups in total. The molecule has 2 saturated heterocycles. The number of hydrogen-bond acceptors (Lipinski definition) is 5. The van der Waals surface area contributed by atoms with Crippen LogP contribution in [0.2, 0.25) is 0 Å². The molecule has 7 heteroatoms. The quantitative estimate of drug-likeness (QED) is 0.914. The fourth-order valence-corrected chi connectivity index (χ4v) is 4.34. The largest absolute Gasteiger partial charge is 0.444 e. The number of H-pyrrole nitrogens is 1. The first kappa shape index (κ1) is 17.3. The molecule has 140 valence electrons. The smallest absolute Gasteiger partial charge is 0.272 e. The summed E-state index contributed by atoms with van der Waals surface area (Å²) in [6.45, 7) is 9.78. The first-order chi connectivity index (χ1) is 12.5. The zero-order chi connectivity index (χ0) is 18.3. The van der Waals surface area contributed by atoms with Crippen molar-refractivity contribution in [2.45, 2.75) is 46.1 Å². The first-order valence-corrected chi connectivity index (χ1v) is 9.43. The second-order valence-corrected chi connectivity index (χ2v) is 7.93. The number of likely N-dealkylation sites (tertiary alicyclic amines) is 2. The van der Waals surface area contributed by atoms with E-state index in [1.54, 1.807) is 12.4 Å². The van der Waals surface area contributed by atoms with Gasteiger partial charge in [-0.1, -0.05) is 0 Å². The molecule has 2 aromatic rings. The van der Waals surface area contributed by atoms with Gasteiger partial charge in [0.25, 0.3) is 5.91 Å². The van der Waals surface area contributed by atoms with Crippen LogP contribution in [0.25, 0.3) is 0 Å². The highest BCUT2D eigenvalue weighted by molar-refractivity contribution is 5.93. The third kappa shape index (κ3) is 3.05. The van der Waals surface area contributed by atoms with Crippen molar-refractivity contribution in [3.05, 3.63) is 35.3 Å². The summed E-state index contributed by atoms with van der Waals surface area (Å²) >= 11 is 0. The number of carbonyl (C=O) groups is 1. The number of hydrogen-bond donors (Lipinski definition) is 1. The minimum Gasteiger partial charge on any atom is -0.444 e. The number of aromatic amines is 1. The van der Waals surface area contributed by atoms with Crippen molar-refractivity contribution in [3.63, 3.8) is 0 Å². The van der Waals surface area contributed by atoms with E-state index in [2.05, 4.69) is 27.0 Å². The second kappa shape index (κ2) is 6.54. The van der Waals surface area contributed by atoms with Crippen molar-refractivity contribution in [2.75, 3.05) is 26.2 Å². The maximum absolute atomic E-state index is 12.7. The Bertz CT molecular complexity index is 787. The molecule has 4 rings (SSSR count). The monoisotopic (exact) mass is 357 g/mol. The van der Waals surface area contributed by atoms with Gasteiger partial charge < -0.3 is 9.32 Å². The Kier molecular flexibility index (Phi) is 4.34. The molecule has 2 aliphatic rings. The van der Waals surface area contributed by atoms with Crippen LogP contribution in [0.5, 0.6) is 0 Å². The summed E-state index contributed by atoms with van der Waals surface area (Å²) in [7, 11) is 0. The van der Waals surface area contributed by atoms with Crippen molar-refractivity contribution in [3.8, 4) is 0 Å². The van der Waals surface area contributed by atoms with E-state index in [0.29, 0.717) is 11.1 Å². The Balaban J connectivity index is 1.37. The Morgan fingerprint density at radius 2 is 1.96 bits per heavy atom. The van der Waals surface area contributed by atoms with Gasteiger partial charge in [0.2, 0.25) is 5.89 Å². The molecule has 0 radical (unpaired) electrons. The topological polar surface area (TPSA) is 78.3 Å². The second-order valence-electron chi connectivity index (χ2n) is 7.93. The van der Waals surface area contributed by atoms with Crippen LogP contribution in [0.1, 0.15) is 59.9 Å². The van der Waals surface area contributed by atoms with Crippen molar-refractivity contribution < 1.29 is 9.21 Å². The molecular formula is C19H27N5O2. The lowest BCUT2D eigenvalue weighted by Gasteiger charge is -2.39. The Labute approximate surface area is 153 Å². The maximum Gasteiger partial charge on any atom is 0.272 e. The summed E-state index contributed by atoms with van der Waals surface area (Å²) in [4.78, 5) is 21.5. The summed E-state index contributed by atoms with van der Waals surface area (Å²) in [5.41, 5.74) is 1.86. The normalized spacial score (nSPS) is 21.4. The molecule has 0 saturated carbocycles. The Hall–Kier alpha value is -2.15. The summed E-state index contributed by atoms with van der Waals surface area (Å²) in [6.07, 6.45) is 6.79. The molecule has 2 aliphatic heterocycles. The average molecular weight is 357 g/mol. The van der Waals surface area contributed by atoms with Crippen molar-refractivity contribution in [1.29, 1.82) is 0 Å². The number of nitrogens with zero attached hydrogens (tertiary/aromatic N) is 4. The number of oxazole rings is 1. The summed E-state index contributed by atoms with van der Waals surface area (Å²) < 4.78 is 5.72. The van der Waals surface area contributed by atoms with Gasteiger partial charge >= 0.3 is 0 Å². The number of carbonyl (C=O) groups excluding carboxylic acids is 1. The Morgan fingerprint density at radius 3 is 2.58 bits per heavy atom. The predicted octanol–water partition coefficient (Wildman–Crippen LogP) is 2.70. The van der Waals surface area contributed by atoms with Crippen LogP contribution in [-0.4, -0.2) is 57.1 Å². The average Bonchev–Trinajstić information content (AvgIpc) is 3.35. The molecule has 0 aliphatic carbocycles. The molecule has 2 fully saturated rings. The first-order valence-electron chi connectivity index (χ1n) is 9.43. The van der Waals surface area contributed by atoms with E-state index in [4.69, 9.17) is 4.42 Å². The number of rotatable bonds is 3. The molecule has 4 heterocycles. The number of aryl methyl sites for hydroxylation is 2. The fraction of sp³-hybridized carbons (Fsp3) is 0.632. The zero-order valence-electron chi connectivity index (χ0n) is 15.8. The lowest BCUT2D eigenvalue weighted by atomic mass is 9.77. The highest BCUT2D eigenvalue weighted by atomic mass is 16.4. The van der Waals surface area contributed by atoms with Crippen molar-refractivity contribution in [1.82, 2.24) is 25.0 Å². The number of nitrogens with one attached hydrogen (secondary N) is 1. The van der Waals surface area contributed by atoms with Gasteiger partial charge in [-0.05, 0) is 57.6 Å². The van der Waals surface area contributed by atoms with E-state index in [1.807, 2.05) is 18.7 Å². The number of amides is 1. The standard InChI is InChI=1S/C19H27N5O2/c1-13-10-21-22-16(13)18(25)23-7-4-19(5-8-23)6-9-24(12-19)15(3)17-20-11-14(2)26-17/h10-11,15H,4-9,12H2,1-3H3,(H,21,22). The van der Waals surface area contributed by atoms with E-state index >= 15 is 0 Å². The van der Waals surface area contributed by atoms with Crippen molar-refractivity contribution in [2.24, 2.45) is 5.41 Å². The summed E-state index contributed by atoms with van der Waals surface area (Å²) in [6, 6.07) is 0.204. The van der Waals surface area contributed by atoms with Crippen LogP contribution in [0, 0.1) is 19.3 Å². The van der Waals surface area contributed by atoms with E-state index in [1.165, 1.54) is 6.42 Å². The van der Waals surface area contributed by atoms with Crippen molar-refractivity contribution >= 4 is 5.91 Å². The highest BCUT2D eigenvalue weighted by Gasteiger charge is 2.43. The molecule has 7 nitrogen and oxygen atoms in total. The van der Waals surface area contributed by atoms with Gasteiger partial charge in [0.1, 0.15) is 11.5 Å². The molecule has 0 bridgehead atoms. The fourth-order valence-electron chi connectivity index (χ4n) is 4.34. The summed E-state index contributed by atoms with van der Waals surface area (Å²) in [5, 5.41) is 6.81.